The number of rotatable bonds is 1. The van der Waals surface area contributed by atoms with Crippen LogP contribution in [0.2, 0.25) is 0 Å². The smallest absolute Gasteiger partial charge is 0.247 e. The maximum Gasteiger partial charge on any atom is 0.247 e. The summed E-state index contributed by atoms with van der Waals surface area (Å²) in [7, 11) is 0. The van der Waals surface area contributed by atoms with Crippen molar-refractivity contribution in [1.29, 1.82) is 0 Å². The van der Waals surface area contributed by atoms with Gasteiger partial charge >= 0.3 is 0 Å². The summed E-state index contributed by atoms with van der Waals surface area (Å²) in [5.74, 6) is 0.468. The van der Waals surface area contributed by atoms with E-state index in [0.29, 0.717) is 16.2 Å². The lowest BCUT2D eigenvalue weighted by molar-refractivity contribution is 0.571. The molecule has 0 radical (unpaired) electrons. The summed E-state index contributed by atoms with van der Waals surface area (Å²) >= 11 is 3.18. The van der Waals surface area contributed by atoms with Gasteiger partial charge in [-0.3, -0.25) is 4.98 Å². The fourth-order valence-electron chi connectivity index (χ4n) is 0.781. The van der Waals surface area contributed by atoms with Crippen molar-refractivity contribution in [3.05, 3.63) is 29.5 Å². The average molecular weight is 226 g/mol. The summed E-state index contributed by atoms with van der Waals surface area (Å²) in [6.45, 7) is 0. The van der Waals surface area contributed by atoms with E-state index in [9.17, 15) is 0 Å². The van der Waals surface area contributed by atoms with E-state index in [4.69, 9.17) is 4.42 Å². The molecule has 0 bridgehead atoms. The molecule has 0 spiro atoms. The quantitative estimate of drug-likeness (QED) is 0.744. The summed E-state index contributed by atoms with van der Waals surface area (Å²) in [6, 6.07) is 0. The van der Waals surface area contributed by atoms with E-state index in [1.807, 2.05) is 0 Å². The Balaban J connectivity index is 2.45. The van der Waals surface area contributed by atoms with Gasteiger partial charge in [0.1, 0.15) is 16.6 Å². The molecule has 2 heterocycles. The largest absolute Gasteiger partial charge is 0.442 e. The third-order valence-corrected chi connectivity index (χ3v) is 1.62. The summed E-state index contributed by atoms with van der Waals surface area (Å²) in [5.41, 5.74) is 0.628. The van der Waals surface area contributed by atoms with E-state index in [1.54, 1.807) is 18.6 Å². The van der Waals surface area contributed by atoms with Gasteiger partial charge < -0.3 is 4.42 Å². The van der Waals surface area contributed by atoms with Gasteiger partial charge in [0.05, 0.1) is 6.20 Å². The Hall–Kier alpha value is -1.23. The molecule has 0 aliphatic carbocycles. The van der Waals surface area contributed by atoms with Crippen LogP contribution in [0, 0.1) is 0 Å². The molecular formula is C7H4BrN3O. The highest BCUT2D eigenvalue weighted by atomic mass is 79.9. The summed E-state index contributed by atoms with van der Waals surface area (Å²) < 4.78 is 5.75. The van der Waals surface area contributed by atoms with Crippen molar-refractivity contribution >= 4 is 15.9 Å². The standard InChI is InChI=1S/C7H4BrN3O/c8-6-4-12-7(11-6)5-3-9-1-2-10-5/h1-4H. The molecule has 0 aliphatic heterocycles. The molecule has 0 N–H and O–H groups in total. The zero-order valence-corrected chi connectivity index (χ0v) is 7.52. The van der Waals surface area contributed by atoms with Crippen LogP contribution in [0.5, 0.6) is 0 Å². The zero-order valence-electron chi connectivity index (χ0n) is 5.94. The van der Waals surface area contributed by atoms with E-state index >= 15 is 0 Å². The van der Waals surface area contributed by atoms with Gasteiger partial charge in [0, 0.05) is 12.4 Å². The second-order valence-electron chi connectivity index (χ2n) is 2.07. The van der Waals surface area contributed by atoms with Crippen molar-refractivity contribution in [3.8, 4) is 11.6 Å². The summed E-state index contributed by atoms with van der Waals surface area (Å²) in [5, 5.41) is 0. The predicted molar refractivity (Wildman–Crippen MR) is 45.2 cm³/mol. The minimum absolute atomic E-state index is 0.468. The SMILES string of the molecule is Brc1coc(-c2cnccn2)n1. The van der Waals surface area contributed by atoms with Gasteiger partial charge in [-0.2, -0.15) is 0 Å². The van der Waals surface area contributed by atoms with Crippen LogP contribution >= 0.6 is 15.9 Å². The molecule has 12 heavy (non-hydrogen) atoms. The number of halogens is 1. The van der Waals surface area contributed by atoms with E-state index in [1.165, 1.54) is 6.26 Å². The van der Waals surface area contributed by atoms with Crippen LogP contribution in [0.1, 0.15) is 0 Å². The highest BCUT2D eigenvalue weighted by Crippen LogP contribution is 2.17. The maximum atomic E-state index is 5.09. The first kappa shape index (κ1) is 7.42. The minimum atomic E-state index is 0.468. The molecule has 0 fully saturated rings. The molecule has 0 atom stereocenters. The molecule has 0 unspecified atom stereocenters. The van der Waals surface area contributed by atoms with Gasteiger partial charge in [0.25, 0.3) is 0 Å². The molecule has 4 nitrogen and oxygen atoms in total. The van der Waals surface area contributed by atoms with Crippen LogP contribution in [0.15, 0.2) is 33.9 Å². The molecule has 0 aromatic carbocycles. The Labute approximate surface area is 76.8 Å². The number of hydrogen-bond acceptors (Lipinski definition) is 4. The molecule has 2 aromatic heterocycles. The van der Waals surface area contributed by atoms with E-state index < -0.39 is 0 Å². The molecule has 0 aliphatic rings. The van der Waals surface area contributed by atoms with Crippen molar-refractivity contribution in [1.82, 2.24) is 15.0 Å². The Morgan fingerprint density at radius 3 is 2.83 bits per heavy atom. The first-order valence-corrected chi connectivity index (χ1v) is 4.03. The molecule has 0 saturated carbocycles. The molecule has 2 aromatic rings. The van der Waals surface area contributed by atoms with Crippen LogP contribution in [0.4, 0.5) is 0 Å². The average Bonchev–Trinajstić information content (AvgIpc) is 2.54. The van der Waals surface area contributed by atoms with Gasteiger partial charge in [-0.1, -0.05) is 0 Å². The van der Waals surface area contributed by atoms with Crippen LogP contribution in [-0.4, -0.2) is 15.0 Å². The van der Waals surface area contributed by atoms with Crippen LogP contribution < -0.4 is 0 Å². The van der Waals surface area contributed by atoms with Gasteiger partial charge in [0.2, 0.25) is 5.89 Å². The summed E-state index contributed by atoms with van der Waals surface area (Å²) in [4.78, 5) is 11.9. The Morgan fingerprint density at radius 2 is 2.25 bits per heavy atom. The fourth-order valence-corrected chi connectivity index (χ4v) is 1.04. The fraction of sp³-hybridized carbons (Fsp3) is 0. The molecule has 0 amide bonds. The predicted octanol–water partition coefficient (Wildman–Crippen LogP) is 1.89. The van der Waals surface area contributed by atoms with Gasteiger partial charge in [-0.15, -0.1) is 0 Å². The first-order valence-electron chi connectivity index (χ1n) is 3.23. The topological polar surface area (TPSA) is 51.8 Å². The summed E-state index contributed by atoms with van der Waals surface area (Å²) in [6.07, 6.45) is 6.29. The van der Waals surface area contributed by atoms with Crippen molar-refractivity contribution in [2.24, 2.45) is 0 Å². The van der Waals surface area contributed by atoms with Crippen LogP contribution in [0.3, 0.4) is 0 Å². The monoisotopic (exact) mass is 225 g/mol. The highest BCUT2D eigenvalue weighted by Gasteiger charge is 2.04. The number of aromatic nitrogens is 3. The molecular weight excluding hydrogens is 222 g/mol. The Morgan fingerprint density at radius 1 is 1.33 bits per heavy atom. The minimum Gasteiger partial charge on any atom is -0.442 e. The van der Waals surface area contributed by atoms with Crippen LogP contribution in [0.25, 0.3) is 11.6 Å². The molecule has 5 heteroatoms. The van der Waals surface area contributed by atoms with Crippen molar-refractivity contribution in [3.63, 3.8) is 0 Å². The van der Waals surface area contributed by atoms with Crippen molar-refractivity contribution in [2.75, 3.05) is 0 Å². The Kier molecular flexibility index (Phi) is 1.87. The first-order chi connectivity index (χ1) is 5.86. The lowest BCUT2D eigenvalue weighted by atomic mass is 10.4. The third kappa shape index (κ3) is 1.35. The number of nitrogens with zero attached hydrogens (tertiary/aromatic N) is 3. The molecule has 0 saturated heterocycles. The lowest BCUT2D eigenvalue weighted by Crippen LogP contribution is -1.83. The molecule has 2 rings (SSSR count). The Bertz CT molecular complexity index is 373. The highest BCUT2D eigenvalue weighted by molar-refractivity contribution is 9.10. The van der Waals surface area contributed by atoms with E-state index in [0.717, 1.165) is 0 Å². The number of oxazole rings is 1. The lowest BCUT2D eigenvalue weighted by Gasteiger charge is -1.89. The van der Waals surface area contributed by atoms with E-state index in [2.05, 4.69) is 30.9 Å². The van der Waals surface area contributed by atoms with Crippen LogP contribution in [-0.2, 0) is 0 Å². The second-order valence-corrected chi connectivity index (χ2v) is 2.88. The van der Waals surface area contributed by atoms with Gasteiger partial charge in [0.15, 0.2) is 0 Å². The van der Waals surface area contributed by atoms with Gasteiger partial charge in [-0.25, -0.2) is 9.97 Å². The zero-order chi connectivity index (χ0) is 8.39. The normalized spacial score (nSPS) is 10.1. The van der Waals surface area contributed by atoms with Gasteiger partial charge in [-0.05, 0) is 15.9 Å². The number of hydrogen-bond donors (Lipinski definition) is 0. The van der Waals surface area contributed by atoms with E-state index in [-0.39, 0.29) is 0 Å². The van der Waals surface area contributed by atoms with Crippen molar-refractivity contribution < 1.29 is 4.42 Å². The third-order valence-electron chi connectivity index (χ3n) is 1.26. The van der Waals surface area contributed by atoms with Crippen molar-refractivity contribution in [2.45, 2.75) is 0 Å². The molecule has 60 valence electrons. The maximum absolute atomic E-state index is 5.09. The second kappa shape index (κ2) is 3.02.